The third kappa shape index (κ3) is 4.41. The Labute approximate surface area is 159 Å². The smallest absolute Gasteiger partial charge is 0.308 e. The fraction of sp³-hybridized carbons (Fsp3) is 0.500. The van der Waals surface area contributed by atoms with Crippen LogP contribution in [0.2, 0.25) is 0 Å². The van der Waals surface area contributed by atoms with Crippen LogP contribution >= 0.6 is 11.3 Å². The number of thiophene rings is 1. The first-order chi connectivity index (χ1) is 13.0. The lowest BCUT2D eigenvalue weighted by Crippen LogP contribution is -2.35. The number of amides is 4. The number of rotatable bonds is 6. The van der Waals surface area contributed by atoms with Crippen molar-refractivity contribution in [2.24, 2.45) is 11.8 Å². The molecule has 0 unspecified atom stereocenters. The number of esters is 1. The minimum absolute atomic E-state index is 0.0424. The largest absolute Gasteiger partial charge is 0.456 e. The second-order valence-corrected chi connectivity index (χ2v) is 7.54. The molecule has 1 saturated heterocycles. The molecule has 2 aliphatic rings. The molecule has 0 radical (unpaired) electrons. The third-order valence-corrected chi connectivity index (χ3v) is 5.70. The van der Waals surface area contributed by atoms with E-state index in [9.17, 15) is 24.0 Å². The lowest BCUT2D eigenvalue weighted by molar-refractivity contribution is -0.149. The van der Waals surface area contributed by atoms with Crippen LogP contribution in [0.1, 0.15) is 41.8 Å². The van der Waals surface area contributed by atoms with Crippen molar-refractivity contribution in [2.45, 2.75) is 32.1 Å². The maximum absolute atomic E-state index is 12.3. The number of ether oxygens (including phenoxy) is 1. The number of fused-ring (bicyclic) bond motifs is 1. The summed E-state index contributed by atoms with van der Waals surface area (Å²) in [5.74, 6) is -2.92. The highest BCUT2D eigenvalue weighted by molar-refractivity contribution is 7.12. The van der Waals surface area contributed by atoms with E-state index in [1.807, 2.05) is 0 Å². The second-order valence-electron chi connectivity index (χ2n) is 6.59. The van der Waals surface area contributed by atoms with Gasteiger partial charge in [-0.25, -0.2) is 0 Å². The van der Waals surface area contributed by atoms with E-state index < -0.39 is 24.4 Å². The summed E-state index contributed by atoms with van der Waals surface area (Å²) in [6, 6.07) is 3.25. The van der Waals surface area contributed by atoms with E-state index in [1.54, 1.807) is 17.5 Å². The van der Waals surface area contributed by atoms with E-state index in [1.165, 1.54) is 11.3 Å². The van der Waals surface area contributed by atoms with Crippen LogP contribution in [0, 0.1) is 11.8 Å². The van der Waals surface area contributed by atoms with E-state index in [0.29, 0.717) is 17.7 Å². The van der Waals surface area contributed by atoms with Crippen molar-refractivity contribution in [1.82, 2.24) is 10.2 Å². The Balaban J connectivity index is 1.40. The summed E-state index contributed by atoms with van der Waals surface area (Å²) in [5, 5.41) is 3.82. The first kappa shape index (κ1) is 19.2. The molecule has 1 aromatic rings. The molecule has 1 N–H and O–H groups in total. The highest BCUT2D eigenvalue weighted by Gasteiger charge is 2.47. The minimum atomic E-state index is -0.735. The molecule has 1 aromatic heterocycles. The van der Waals surface area contributed by atoms with Crippen LogP contribution in [-0.4, -0.2) is 47.6 Å². The SMILES string of the molecule is O=C(COC(=O)CCN1C(=O)[C@H]2CCCC[C@H]2C1=O)NC(=O)c1cccs1. The number of hydrogen-bond acceptors (Lipinski definition) is 7. The molecule has 27 heavy (non-hydrogen) atoms. The fourth-order valence-corrected chi connectivity index (χ4v) is 4.12. The van der Waals surface area contributed by atoms with Crippen LogP contribution in [0.4, 0.5) is 0 Å². The summed E-state index contributed by atoms with van der Waals surface area (Å²) >= 11 is 1.19. The number of likely N-dealkylation sites (tertiary alicyclic amines) is 1. The van der Waals surface area contributed by atoms with Gasteiger partial charge in [0, 0.05) is 6.54 Å². The zero-order valence-electron chi connectivity index (χ0n) is 14.6. The summed E-state index contributed by atoms with van der Waals surface area (Å²) in [5.41, 5.74) is 0. The van der Waals surface area contributed by atoms with Gasteiger partial charge in [0.15, 0.2) is 6.61 Å². The van der Waals surface area contributed by atoms with Gasteiger partial charge in [-0.1, -0.05) is 18.9 Å². The first-order valence-corrected chi connectivity index (χ1v) is 9.74. The molecule has 1 saturated carbocycles. The van der Waals surface area contributed by atoms with Gasteiger partial charge in [0.2, 0.25) is 11.8 Å². The number of hydrogen-bond donors (Lipinski definition) is 1. The Morgan fingerprint density at radius 2 is 1.81 bits per heavy atom. The minimum Gasteiger partial charge on any atom is -0.456 e. The average Bonchev–Trinajstić information content (AvgIpc) is 3.28. The van der Waals surface area contributed by atoms with Gasteiger partial charge in [0.05, 0.1) is 23.1 Å². The molecule has 0 spiro atoms. The number of imide groups is 2. The lowest BCUT2D eigenvalue weighted by Gasteiger charge is -2.19. The zero-order chi connectivity index (χ0) is 19.4. The molecular formula is C18H20N2O6S. The highest BCUT2D eigenvalue weighted by atomic mass is 32.1. The molecule has 1 aliphatic heterocycles. The lowest BCUT2D eigenvalue weighted by atomic mass is 9.81. The molecule has 2 fully saturated rings. The number of carbonyl (C=O) groups is 5. The molecule has 0 aromatic carbocycles. The number of carbonyl (C=O) groups excluding carboxylic acids is 5. The van der Waals surface area contributed by atoms with Crippen LogP contribution in [0.5, 0.6) is 0 Å². The maximum atomic E-state index is 12.3. The van der Waals surface area contributed by atoms with Crippen molar-refractivity contribution in [3.63, 3.8) is 0 Å². The molecule has 2 atom stereocenters. The molecule has 2 heterocycles. The van der Waals surface area contributed by atoms with E-state index in [0.717, 1.165) is 17.7 Å². The van der Waals surface area contributed by atoms with Gasteiger partial charge in [-0.2, -0.15) is 0 Å². The fourth-order valence-electron chi connectivity index (χ4n) is 3.50. The van der Waals surface area contributed by atoms with Crippen LogP contribution in [-0.2, 0) is 23.9 Å². The molecule has 1 aliphatic carbocycles. The van der Waals surface area contributed by atoms with E-state index >= 15 is 0 Å². The predicted octanol–water partition coefficient (Wildman–Crippen LogP) is 1.11. The molecule has 4 amide bonds. The summed E-state index contributed by atoms with van der Waals surface area (Å²) in [7, 11) is 0. The van der Waals surface area contributed by atoms with Crippen LogP contribution in [0.25, 0.3) is 0 Å². The van der Waals surface area contributed by atoms with Crippen molar-refractivity contribution in [3.8, 4) is 0 Å². The molecule has 0 bridgehead atoms. The van der Waals surface area contributed by atoms with Crippen molar-refractivity contribution >= 4 is 40.9 Å². The normalized spacial score (nSPS) is 21.7. The quantitative estimate of drug-likeness (QED) is 0.574. The summed E-state index contributed by atoms with van der Waals surface area (Å²) in [6.07, 6.45) is 3.14. The Morgan fingerprint density at radius 1 is 1.15 bits per heavy atom. The Kier molecular flexibility index (Phi) is 6.00. The van der Waals surface area contributed by atoms with Gasteiger partial charge in [-0.05, 0) is 24.3 Å². The van der Waals surface area contributed by atoms with Gasteiger partial charge in [-0.3, -0.25) is 34.2 Å². The predicted molar refractivity (Wildman–Crippen MR) is 94.5 cm³/mol. The number of nitrogens with one attached hydrogen (secondary N) is 1. The summed E-state index contributed by atoms with van der Waals surface area (Å²) < 4.78 is 4.82. The van der Waals surface area contributed by atoms with Gasteiger partial charge in [-0.15, -0.1) is 11.3 Å². The third-order valence-electron chi connectivity index (χ3n) is 4.83. The van der Waals surface area contributed by atoms with Gasteiger partial charge >= 0.3 is 5.97 Å². The van der Waals surface area contributed by atoms with E-state index in [4.69, 9.17) is 4.74 Å². The molecule has 3 rings (SSSR count). The van der Waals surface area contributed by atoms with Gasteiger partial charge in [0.1, 0.15) is 0 Å². The summed E-state index contributed by atoms with van der Waals surface area (Å²) in [4.78, 5) is 61.3. The van der Waals surface area contributed by atoms with Crippen molar-refractivity contribution < 1.29 is 28.7 Å². The van der Waals surface area contributed by atoms with Gasteiger partial charge in [0.25, 0.3) is 11.8 Å². The molecular weight excluding hydrogens is 372 g/mol. The first-order valence-electron chi connectivity index (χ1n) is 8.86. The standard InChI is InChI=1S/C18H20N2O6S/c21-14(19-16(23)13-6-3-9-27-13)10-26-15(22)7-8-20-17(24)11-4-1-2-5-12(11)18(20)25/h3,6,9,11-12H,1-2,4-5,7-8,10H2,(H,19,21,23)/t11-,12+. The average molecular weight is 392 g/mol. The Bertz CT molecular complexity index is 736. The monoisotopic (exact) mass is 392 g/mol. The topological polar surface area (TPSA) is 110 Å². The Hall–Kier alpha value is -2.55. The van der Waals surface area contributed by atoms with Crippen LogP contribution < -0.4 is 5.32 Å². The van der Waals surface area contributed by atoms with Crippen LogP contribution in [0.15, 0.2) is 17.5 Å². The molecule has 9 heteroatoms. The van der Waals surface area contributed by atoms with E-state index in [-0.39, 0.29) is 36.6 Å². The van der Waals surface area contributed by atoms with Crippen molar-refractivity contribution in [3.05, 3.63) is 22.4 Å². The van der Waals surface area contributed by atoms with E-state index in [2.05, 4.69) is 5.32 Å². The second kappa shape index (κ2) is 8.43. The molecule has 8 nitrogen and oxygen atoms in total. The summed E-state index contributed by atoms with van der Waals surface area (Å²) in [6.45, 7) is -0.637. The van der Waals surface area contributed by atoms with Gasteiger partial charge < -0.3 is 4.74 Å². The highest BCUT2D eigenvalue weighted by Crippen LogP contribution is 2.37. The Morgan fingerprint density at radius 3 is 2.41 bits per heavy atom. The maximum Gasteiger partial charge on any atom is 0.308 e. The van der Waals surface area contributed by atoms with Crippen molar-refractivity contribution in [1.29, 1.82) is 0 Å². The van der Waals surface area contributed by atoms with Crippen LogP contribution in [0.3, 0.4) is 0 Å². The zero-order valence-corrected chi connectivity index (χ0v) is 15.5. The number of nitrogens with zero attached hydrogens (tertiary/aromatic N) is 1. The molecule has 144 valence electrons. The van der Waals surface area contributed by atoms with Crippen molar-refractivity contribution in [2.75, 3.05) is 13.2 Å².